The Balaban J connectivity index is 2.17. The summed E-state index contributed by atoms with van der Waals surface area (Å²) in [6.45, 7) is 2.55. The van der Waals surface area contributed by atoms with Crippen molar-refractivity contribution in [3.63, 3.8) is 0 Å². The van der Waals surface area contributed by atoms with Crippen molar-refractivity contribution in [2.24, 2.45) is 0 Å². The highest BCUT2D eigenvalue weighted by Gasteiger charge is 2.06. The fourth-order valence-electron chi connectivity index (χ4n) is 1.48. The largest absolute Gasteiger partial charge is 0.463 e. The molecule has 2 aromatic rings. The van der Waals surface area contributed by atoms with Gasteiger partial charge in [-0.05, 0) is 42.5 Å². The maximum Gasteiger partial charge on any atom is 0.322 e. The maximum atomic E-state index is 5.87. The van der Waals surface area contributed by atoms with E-state index in [0.717, 1.165) is 17.0 Å². The van der Waals surface area contributed by atoms with Crippen molar-refractivity contribution in [3.05, 3.63) is 29.5 Å². The number of halogens is 1. The lowest BCUT2D eigenvalue weighted by Crippen LogP contribution is -2.04. The first kappa shape index (κ1) is 14.9. The van der Waals surface area contributed by atoms with Crippen molar-refractivity contribution in [1.82, 2.24) is 15.0 Å². The Morgan fingerprint density at radius 2 is 2.15 bits per heavy atom. The highest BCUT2D eigenvalue weighted by atomic mass is 35.5. The smallest absolute Gasteiger partial charge is 0.322 e. The van der Waals surface area contributed by atoms with Crippen LogP contribution in [0.15, 0.2) is 29.2 Å². The van der Waals surface area contributed by atoms with E-state index in [-0.39, 0.29) is 11.3 Å². The van der Waals surface area contributed by atoms with E-state index in [1.165, 1.54) is 0 Å². The molecule has 0 amide bonds. The van der Waals surface area contributed by atoms with Crippen LogP contribution in [0.5, 0.6) is 6.01 Å². The van der Waals surface area contributed by atoms with Crippen molar-refractivity contribution in [1.29, 1.82) is 0 Å². The molecule has 0 aliphatic rings. The molecule has 0 aliphatic carbocycles. The van der Waals surface area contributed by atoms with E-state index in [0.29, 0.717) is 12.6 Å². The molecule has 106 valence electrons. The van der Waals surface area contributed by atoms with E-state index >= 15 is 0 Å². The number of nitrogens with one attached hydrogen (secondary N) is 1. The number of thioether (sulfide) groups is 1. The molecule has 0 atom stereocenters. The third-order valence-corrected chi connectivity index (χ3v) is 3.24. The zero-order valence-electron chi connectivity index (χ0n) is 11.3. The van der Waals surface area contributed by atoms with Crippen LogP contribution in [-0.4, -0.2) is 27.8 Å². The minimum atomic E-state index is 0.106. The minimum Gasteiger partial charge on any atom is -0.463 e. The summed E-state index contributed by atoms with van der Waals surface area (Å²) in [6.07, 6.45) is 2.90. The van der Waals surface area contributed by atoms with Gasteiger partial charge in [0.1, 0.15) is 0 Å². The van der Waals surface area contributed by atoms with Gasteiger partial charge in [-0.2, -0.15) is 15.0 Å². The van der Waals surface area contributed by atoms with Crippen molar-refractivity contribution in [2.45, 2.75) is 18.2 Å². The summed E-state index contributed by atoms with van der Waals surface area (Å²) in [4.78, 5) is 13.3. The van der Waals surface area contributed by atoms with Gasteiger partial charge in [0, 0.05) is 10.6 Å². The molecule has 0 saturated heterocycles. The molecule has 0 bridgehead atoms. The summed E-state index contributed by atoms with van der Waals surface area (Å²) in [5.74, 6) is 0.370. The number of anilines is 2. The molecule has 1 aromatic heterocycles. The topological polar surface area (TPSA) is 59.9 Å². The second-order valence-electron chi connectivity index (χ2n) is 3.92. The number of nitrogens with zero attached hydrogens (tertiary/aromatic N) is 3. The maximum absolute atomic E-state index is 5.87. The van der Waals surface area contributed by atoms with Crippen LogP contribution in [0.25, 0.3) is 0 Å². The average Bonchev–Trinajstić information content (AvgIpc) is 2.44. The molecular weight excluding hydrogens is 296 g/mol. The third kappa shape index (κ3) is 4.25. The number of rotatable bonds is 6. The molecule has 5 nitrogen and oxygen atoms in total. The third-order valence-electron chi connectivity index (χ3n) is 2.35. The van der Waals surface area contributed by atoms with Crippen LogP contribution in [0.4, 0.5) is 11.6 Å². The van der Waals surface area contributed by atoms with E-state index in [1.54, 1.807) is 11.8 Å². The van der Waals surface area contributed by atoms with Gasteiger partial charge in [-0.15, -0.1) is 11.8 Å². The van der Waals surface area contributed by atoms with Crippen LogP contribution in [0.3, 0.4) is 0 Å². The first-order chi connectivity index (χ1) is 9.71. The Hall–Kier alpha value is -1.53. The van der Waals surface area contributed by atoms with Gasteiger partial charge in [0.2, 0.25) is 11.2 Å². The number of hydrogen-bond acceptors (Lipinski definition) is 6. The van der Waals surface area contributed by atoms with Gasteiger partial charge in [-0.3, -0.25) is 0 Å². The van der Waals surface area contributed by atoms with Crippen LogP contribution in [0.2, 0.25) is 5.28 Å². The molecule has 0 spiro atoms. The average molecular weight is 311 g/mol. The van der Waals surface area contributed by atoms with Crippen molar-refractivity contribution < 1.29 is 4.74 Å². The first-order valence-corrected chi connectivity index (χ1v) is 7.77. The summed E-state index contributed by atoms with van der Waals surface area (Å²) in [5.41, 5.74) is 0.889. The number of aromatic nitrogens is 3. The fraction of sp³-hybridized carbons (Fsp3) is 0.308. The molecule has 20 heavy (non-hydrogen) atoms. The van der Waals surface area contributed by atoms with Gasteiger partial charge in [0.15, 0.2) is 0 Å². The number of hydrogen-bond donors (Lipinski definition) is 1. The Kier molecular flexibility index (Phi) is 5.43. The molecule has 0 fully saturated rings. The molecule has 0 aliphatic heterocycles. The van der Waals surface area contributed by atoms with E-state index in [4.69, 9.17) is 16.3 Å². The lowest BCUT2D eigenvalue weighted by atomic mass is 10.3. The zero-order valence-corrected chi connectivity index (χ0v) is 12.8. The summed E-state index contributed by atoms with van der Waals surface area (Å²) in [5, 5.41) is 3.20. The molecule has 2 rings (SSSR count). The Morgan fingerprint density at radius 1 is 1.30 bits per heavy atom. The Bertz CT molecular complexity index is 582. The van der Waals surface area contributed by atoms with Gasteiger partial charge < -0.3 is 10.1 Å². The Labute approximate surface area is 127 Å². The number of benzene rings is 1. The quantitative estimate of drug-likeness (QED) is 0.819. The van der Waals surface area contributed by atoms with Crippen LogP contribution < -0.4 is 10.1 Å². The molecular formula is C13H15ClN4OS. The lowest BCUT2D eigenvalue weighted by molar-refractivity contribution is 0.292. The van der Waals surface area contributed by atoms with E-state index < -0.39 is 0 Å². The Morgan fingerprint density at radius 3 is 2.90 bits per heavy atom. The highest BCUT2D eigenvalue weighted by molar-refractivity contribution is 7.98. The summed E-state index contributed by atoms with van der Waals surface area (Å²) in [6, 6.07) is 8.17. The van der Waals surface area contributed by atoms with Gasteiger partial charge in [0.05, 0.1) is 6.61 Å². The first-order valence-electron chi connectivity index (χ1n) is 6.16. The molecule has 1 heterocycles. The molecule has 7 heteroatoms. The van der Waals surface area contributed by atoms with Gasteiger partial charge in [-0.1, -0.05) is 13.0 Å². The molecule has 1 N–H and O–H groups in total. The summed E-state index contributed by atoms with van der Waals surface area (Å²) >= 11 is 7.53. The van der Waals surface area contributed by atoms with E-state index in [9.17, 15) is 0 Å². The van der Waals surface area contributed by atoms with Crippen molar-refractivity contribution in [3.8, 4) is 6.01 Å². The molecule has 0 saturated carbocycles. The predicted molar refractivity (Wildman–Crippen MR) is 82.1 cm³/mol. The van der Waals surface area contributed by atoms with Crippen LogP contribution in [0, 0.1) is 0 Å². The summed E-state index contributed by atoms with van der Waals surface area (Å²) < 4.78 is 5.37. The summed E-state index contributed by atoms with van der Waals surface area (Å²) in [7, 11) is 0. The zero-order chi connectivity index (χ0) is 14.4. The molecule has 1 aromatic carbocycles. The van der Waals surface area contributed by atoms with E-state index in [2.05, 4.69) is 20.3 Å². The standard InChI is InChI=1S/C13H15ClN4OS/c1-3-7-19-13-17-11(14)16-12(18-13)15-9-5-4-6-10(8-9)20-2/h4-6,8H,3,7H2,1-2H3,(H,15,16,17,18). The van der Waals surface area contributed by atoms with Gasteiger partial charge >= 0.3 is 6.01 Å². The predicted octanol–water partition coefficient (Wildman–Crippen LogP) is 3.78. The SMILES string of the molecule is CCCOc1nc(Cl)nc(Nc2cccc(SC)c2)n1. The van der Waals surface area contributed by atoms with Crippen molar-refractivity contribution in [2.75, 3.05) is 18.2 Å². The highest BCUT2D eigenvalue weighted by Crippen LogP contribution is 2.22. The lowest BCUT2D eigenvalue weighted by Gasteiger charge is -2.08. The monoisotopic (exact) mass is 310 g/mol. The van der Waals surface area contributed by atoms with E-state index in [1.807, 2.05) is 37.4 Å². The second-order valence-corrected chi connectivity index (χ2v) is 5.13. The van der Waals surface area contributed by atoms with Gasteiger partial charge in [-0.25, -0.2) is 0 Å². The number of ether oxygens (including phenoxy) is 1. The molecule has 0 unspecified atom stereocenters. The van der Waals surface area contributed by atoms with Gasteiger partial charge in [0.25, 0.3) is 0 Å². The van der Waals surface area contributed by atoms with Crippen molar-refractivity contribution >= 4 is 35.0 Å². The second kappa shape index (κ2) is 7.31. The molecule has 0 radical (unpaired) electrons. The van der Waals surface area contributed by atoms with Crippen LogP contribution in [-0.2, 0) is 0 Å². The minimum absolute atomic E-state index is 0.106. The van der Waals surface area contributed by atoms with Crippen LogP contribution in [0.1, 0.15) is 13.3 Å². The normalized spacial score (nSPS) is 10.3. The fourth-order valence-corrected chi connectivity index (χ4v) is 2.09. The van der Waals surface area contributed by atoms with Crippen LogP contribution >= 0.6 is 23.4 Å².